The summed E-state index contributed by atoms with van der Waals surface area (Å²) in [5, 5.41) is 21.8. The molecule has 0 unspecified atom stereocenters. The Morgan fingerprint density at radius 3 is 2.21 bits per heavy atom. The molecule has 0 atom stereocenters. The van der Waals surface area contributed by atoms with E-state index in [-0.39, 0.29) is 37.8 Å². The van der Waals surface area contributed by atoms with E-state index in [1.54, 1.807) is 24.3 Å². The molecule has 0 saturated carbocycles. The molecule has 7 nitrogen and oxygen atoms in total. The lowest BCUT2D eigenvalue weighted by Crippen LogP contribution is -2.44. The van der Waals surface area contributed by atoms with Crippen LogP contribution in [0.15, 0.2) is 42.5 Å². The smallest absolute Gasteiger partial charge is 0.385 e. The molecule has 1 saturated heterocycles. The van der Waals surface area contributed by atoms with Crippen LogP contribution in [-0.4, -0.2) is 39.5 Å². The maximum Gasteiger partial charge on any atom is 0.432 e. The number of nitrogens with one attached hydrogen (secondary N) is 2. The first-order chi connectivity index (χ1) is 15.8. The van der Waals surface area contributed by atoms with E-state index >= 15 is 0 Å². The molecule has 34 heavy (non-hydrogen) atoms. The molecule has 182 valence electrons. The van der Waals surface area contributed by atoms with Crippen LogP contribution < -0.4 is 5.32 Å². The maximum atomic E-state index is 13.2. The van der Waals surface area contributed by atoms with Gasteiger partial charge in [-0.3, -0.25) is 10.4 Å². The minimum Gasteiger partial charge on any atom is -0.385 e. The van der Waals surface area contributed by atoms with Crippen molar-refractivity contribution in [1.82, 2.24) is 15.3 Å². The third kappa shape index (κ3) is 4.94. The molecule has 1 fully saturated rings. The number of hydrogen-bond donors (Lipinski definition) is 3. The lowest BCUT2D eigenvalue weighted by Gasteiger charge is -2.37. The van der Waals surface area contributed by atoms with Gasteiger partial charge in [-0.05, 0) is 48.7 Å². The number of alkyl halides is 6. The molecule has 1 aromatic heterocycles. The van der Waals surface area contributed by atoms with Crippen molar-refractivity contribution in [2.24, 2.45) is 0 Å². The number of carbonyl (C=O) groups excluding carboxylic acids is 1. The van der Waals surface area contributed by atoms with E-state index in [1.807, 2.05) is 0 Å². The van der Waals surface area contributed by atoms with E-state index in [4.69, 9.17) is 4.84 Å². The van der Waals surface area contributed by atoms with E-state index in [9.17, 15) is 36.2 Å². The molecule has 1 aliphatic heterocycles. The molecule has 0 bridgehead atoms. The van der Waals surface area contributed by atoms with Gasteiger partial charge in [0.15, 0.2) is 5.82 Å². The standard InChI is InChI=1S/C21H18F6N4O3/c22-20(23,24)13-9-12(10-14(11-13)21(25,26)27)19(33)5-7-31(8-6-19)34-18(32)28-17-15-3-1-2-4-16(15)29-30-17/h1-4,9-11,33H,5-8H2,(H2,28,29,30,32). The first kappa shape index (κ1) is 23.8. The van der Waals surface area contributed by atoms with Gasteiger partial charge in [-0.1, -0.05) is 12.1 Å². The summed E-state index contributed by atoms with van der Waals surface area (Å²) in [6.45, 7) is -0.244. The Hall–Kier alpha value is -3.32. The summed E-state index contributed by atoms with van der Waals surface area (Å²) in [5.41, 5.74) is -4.79. The highest BCUT2D eigenvalue weighted by molar-refractivity contribution is 5.96. The van der Waals surface area contributed by atoms with Crippen molar-refractivity contribution >= 4 is 22.8 Å². The molecule has 1 amide bonds. The van der Waals surface area contributed by atoms with Gasteiger partial charge in [0.1, 0.15) is 0 Å². The molecule has 2 aromatic carbocycles. The summed E-state index contributed by atoms with van der Waals surface area (Å²) >= 11 is 0. The van der Waals surface area contributed by atoms with E-state index in [0.717, 1.165) is 5.06 Å². The highest BCUT2D eigenvalue weighted by atomic mass is 19.4. The number of anilines is 1. The number of fused-ring (bicyclic) bond motifs is 1. The molecular formula is C21H18F6N4O3. The van der Waals surface area contributed by atoms with Gasteiger partial charge in [0.05, 0.1) is 22.2 Å². The van der Waals surface area contributed by atoms with Crippen LogP contribution in [0.2, 0.25) is 0 Å². The molecule has 4 rings (SSSR count). The number of H-pyrrole nitrogens is 1. The first-order valence-corrected chi connectivity index (χ1v) is 10.0. The van der Waals surface area contributed by atoms with Crippen molar-refractivity contribution in [2.45, 2.75) is 30.8 Å². The number of nitrogens with zero attached hydrogens (tertiary/aromatic N) is 2. The number of hydrogen-bond acceptors (Lipinski definition) is 5. The summed E-state index contributed by atoms with van der Waals surface area (Å²) in [4.78, 5) is 17.4. The van der Waals surface area contributed by atoms with Crippen molar-refractivity contribution in [3.05, 3.63) is 59.2 Å². The number of carbonyl (C=O) groups is 1. The Kier molecular flexibility index (Phi) is 5.94. The van der Waals surface area contributed by atoms with Gasteiger partial charge in [-0.2, -0.15) is 31.4 Å². The van der Waals surface area contributed by atoms with Crippen molar-refractivity contribution in [2.75, 3.05) is 18.4 Å². The van der Waals surface area contributed by atoms with Gasteiger partial charge in [0, 0.05) is 18.5 Å². The predicted molar refractivity (Wildman–Crippen MR) is 107 cm³/mol. The van der Waals surface area contributed by atoms with Gasteiger partial charge in [-0.15, -0.1) is 5.06 Å². The van der Waals surface area contributed by atoms with Crippen LogP contribution in [0.25, 0.3) is 10.9 Å². The lowest BCUT2D eigenvalue weighted by atomic mass is 9.83. The fourth-order valence-corrected chi connectivity index (χ4v) is 3.76. The number of rotatable bonds is 3. The number of aliphatic hydroxyl groups is 1. The lowest BCUT2D eigenvalue weighted by molar-refractivity contribution is -0.151. The fraction of sp³-hybridized carbons (Fsp3) is 0.333. The van der Waals surface area contributed by atoms with Gasteiger partial charge >= 0.3 is 18.4 Å². The summed E-state index contributed by atoms with van der Waals surface area (Å²) in [5.74, 6) is 0.220. The zero-order chi connectivity index (χ0) is 24.7. The number of para-hydroxylation sites is 1. The average Bonchev–Trinajstić information content (AvgIpc) is 3.17. The van der Waals surface area contributed by atoms with E-state index < -0.39 is 40.7 Å². The second kappa shape index (κ2) is 8.47. The largest absolute Gasteiger partial charge is 0.432 e. The third-order valence-electron chi connectivity index (χ3n) is 5.58. The van der Waals surface area contributed by atoms with Crippen LogP contribution in [0.1, 0.15) is 29.5 Å². The van der Waals surface area contributed by atoms with Crippen LogP contribution in [0.5, 0.6) is 0 Å². The van der Waals surface area contributed by atoms with E-state index in [2.05, 4.69) is 15.5 Å². The van der Waals surface area contributed by atoms with Gasteiger partial charge in [-0.25, -0.2) is 4.79 Å². The number of aromatic amines is 1. The number of halogens is 6. The highest BCUT2D eigenvalue weighted by Gasteiger charge is 2.41. The van der Waals surface area contributed by atoms with Crippen LogP contribution in [0.3, 0.4) is 0 Å². The second-order valence-corrected chi connectivity index (χ2v) is 7.88. The van der Waals surface area contributed by atoms with Crippen LogP contribution >= 0.6 is 0 Å². The van der Waals surface area contributed by atoms with Crippen molar-refractivity contribution in [1.29, 1.82) is 0 Å². The second-order valence-electron chi connectivity index (χ2n) is 7.88. The van der Waals surface area contributed by atoms with Gasteiger partial charge in [0.25, 0.3) is 0 Å². The molecule has 1 aliphatic rings. The summed E-state index contributed by atoms with van der Waals surface area (Å²) < 4.78 is 78.9. The Labute approximate surface area is 188 Å². The molecule has 0 spiro atoms. The Morgan fingerprint density at radius 1 is 1.03 bits per heavy atom. The molecule has 2 heterocycles. The molecule has 3 aromatic rings. The molecule has 13 heteroatoms. The maximum absolute atomic E-state index is 13.2. The van der Waals surface area contributed by atoms with Gasteiger partial charge in [0.2, 0.25) is 0 Å². The number of hydroxylamine groups is 2. The van der Waals surface area contributed by atoms with Gasteiger partial charge < -0.3 is 9.94 Å². The van der Waals surface area contributed by atoms with Crippen LogP contribution in [0, 0.1) is 0 Å². The number of piperidine rings is 1. The van der Waals surface area contributed by atoms with Crippen molar-refractivity contribution < 1.29 is 41.1 Å². The van der Waals surface area contributed by atoms with E-state index in [0.29, 0.717) is 23.0 Å². The highest BCUT2D eigenvalue weighted by Crippen LogP contribution is 2.41. The van der Waals surface area contributed by atoms with Crippen molar-refractivity contribution in [3.8, 4) is 0 Å². The van der Waals surface area contributed by atoms with E-state index in [1.165, 1.54) is 0 Å². The summed E-state index contributed by atoms with van der Waals surface area (Å²) in [6.07, 6.45) is -11.5. The van der Waals surface area contributed by atoms with Crippen molar-refractivity contribution in [3.63, 3.8) is 0 Å². The molecule has 0 radical (unpaired) electrons. The summed E-state index contributed by atoms with van der Waals surface area (Å²) in [6, 6.07) is 8.04. The molecular weight excluding hydrogens is 470 g/mol. The minimum atomic E-state index is -5.02. The monoisotopic (exact) mass is 488 g/mol. The quantitative estimate of drug-likeness (QED) is 0.449. The fourth-order valence-electron chi connectivity index (χ4n) is 3.76. The van der Waals surface area contributed by atoms with Crippen LogP contribution in [-0.2, 0) is 22.8 Å². The number of benzene rings is 2. The SMILES string of the molecule is O=C(Nc1n[nH]c2ccccc12)ON1CCC(O)(c2cc(C(F)(F)F)cc(C(F)(F)F)c2)CC1. The Bertz CT molecular complexity index is 1170. The number of amides is 1. The molecule has 3 N–H and O–H groups in total. The number of aromatic nitrogens is 2. The molecule has 0 aliphatic carbocycles. The normalized spacial score (nSPS) is 17.0. The third-order valence-corrected chi connectivity index (χ3v) is 5.58. The Balaban J connectivity index is 1.44. The Morgan fingerprint density at radius 2 is 1.62 bits per heavy atom. The topological polar surface area (TPSA) is 90.5 Å². The first-order valence-electron chi connectivity index (χ1n) is 10.0. The average molecular weight is 488 g/mol. The minimum absolute atomic E-state index is 0.00812. The zero-order valence-corrected chi connectivity index (χ0v) is 17.3. The summed E-state index contributed by atoms with van der Waals surface area (Å²) in [7, 11) is 0. The zero-order valence-electron chi connectivity index (χ0n) is 17.3. The van der Waals surface area contributed by atoms with Crippen LogP contribution in [0.4, 0.5) is 37.0 Å². The predicted octanol–water partition coefficient (Wildman–Crippen LogP) is 5.05.